The van der Waals surface area contributed by atoms with Crippen molar-refractivity contribution >= 4 is 23.0 Å². The average molecular weight is 304 g/mol. The zero-order valence-corrected chi connectivity index (χ0v) is 12.4. The molecule has 20 heavy (non-hydrogen) atoms. The van der Waals surface area contributed by atoms with E-state index < -0.39 is 11.7 Å². The Hall–Kier alpha value is -1.30. The zero-order chi connectivity index (χ0) is 15.2. The number of alkyl halides is 3. The highest BCUT2D eigenvalue weighted by Gasteiger charge is 2.29. The molecule has 1 N–H and O–H groups in total. The van der Waals surface area contributed by atoms with E-state index >= 15 is 0 Å². The number of anilines is 1. The van der Waals surface area contributed by atoms with Crippen molar-refractivity contribution in [1.82, 2.24) is 4.90 Å². The Kier molecular flexibility index (Phi) is 6.26. The van der Waals surface area contributed by atoms with Crippen LogP contribution >= 0.6 is 12.2 Å². The fourth-order valence-corrected chi connectivity index (χ4v) is 2.10. The van der Waals surface area contributed by atoms with Gasteiger partial charge in [-0.25, -0.2) is 0 Å². The fraction of sp³-hybridized carbons (Fsp3) is 0.500. The van der Waals surface area contributed by atoms with Crippen LogP contribution in [-0.4, -0.2) is 23.1 Å². The van der Waals surface area contributed by atoms with Crippen LogP contribution in [0.3, 0.4) is 0 Å². The highest BCUT2D eigenvalue weighted by Crippen LogP contribution is 2.29. The molecule has 0 aliphatic rings. The van der Waals surface area contributed by atoms with Gasteiger partial charge in [0.25, 0.3) is 0 Å². The van der Waals surface area contributed by atoms with Crippen LogP contribution < -0.4 is 5.32 Å². The maximum atomic E-state index is 12.5. The molecule has 0 amide bonds. The summed E-state index contributed by atoms with van der Waals surface area (Å²) in [6.45, 7) is 5.79. The molecule has 0 bridgehead atoms. The first kappa shape index (κ1) is 16.8. The predicted octanol–water partition coefficient (Wildman–Crippen LogP) is 4.52. The number of thiocarbonyl (C=S) groups is 1. The lowest BCUT2D eigenvalue weighted by molar-refractivity contribution is -0.137. The van der Waals surface area contributed by atoms with Gasteiger partial charge in [0.05, 0.1) is 5.56 Å². The number of rotatable bonds is 5. The molecule has 0 heterocycles. The topological polar surface area (TPSA) is 15.3 Å². The van der Waals surface area contributed by atoms with Crippen LogP contribution in [0.15, 0.2) is 24.3 Å². The van der Waals surface area contributed by atoms with Crippen molar-refractivity contribution in [1.29, 1.82) is 0 Å². The average Bonchev–Trinajstić information content (AvgIpc) is 2.38. The van der Waals surface area contributed by atoms with Crippen molar-refractivity contribution in [2.75, 3.05) is 18.4 Å². The summed E-state index contributed by atoms with van der Waals surface area (Å²) < 4.78 is 37.4. The lowest BCUT2D eigenvalue weighted by Gasteiger charge is -2.25. The zero-order valence-electron chi connectivity index (χ0n) is 11.6. The highest BCUT2D eigenvalue weighted by molar-refractivity contribution is 7.80. The summed E-state index contributed by atoms with van der Waals surface area (Å²) in [7, 11) is 0. The van der Waals surface area contributed by atoms with E-state index in [9.17, 15) is 13.2 Å². The molecule has 0 spiro atoms. The number of nitrogens with zero attached hydrogens (tertiary/aromatic N) is 1. The van der Waals surface area contributed by atoms with Crippen LogP contribution in [0.1, 0.15) is 32.3 Å². The van der Waals surface area contributed by atoms with Crippen LogP contribution in [0.2, 0.25) is 0 Å². The molecule has 6 heteroatoms. The Morgan fingerprint density at radius 1 is 1.10 bits per heavy atom. The Balaban J connectivity index is 2.70. The van der Waals surface area contributed by atoms with Gasteiger partial charge in [0.15, 0.2) is 5.11 Å². The van der Waals surface area contributed by atoms with Crippen LogP contribution in [0, 0.1) is 0 Å². The summed E-state index contributed by atoms with van der Waals surface area (Å²) in [5.41, 5.74) is -0.0897. The molecule has 0 saturated heterocycles. The van der Waals surface area contributed by atoms with Gasteiger partial charge in [-0.15, -0.1) is 0 Å². The monoisotopic (exact) mass is 304 g/mol. The summed E-state index contributed by atoms with van der Waals surface area (Å²) in [6.07, 6.45) is -2.38. The van der Waals surface area contributed by atoms with Crippen LogP contribution in [0.4, 0.5) is 18.9 Å². The molecule has 1 rings (SSSR count). The Morgan fingerprint density at radius 3 is 2.00 bits per heavy atom. The Bertz CT molecular complexity index is 423. The first-order valence-corrected chi connectivity index (χ1v) is 7.02. The van der Waals surface area contributed by atoms with Crippen molar-refractivity contribution in [3.8, 4) is 0 Å². The third-order valence-corrected chi connectivity index (χ3v) is 3.10. The van der Waals surface area contributed by atoms with E-state index in [0.717, 1.165) is 38.1 Å². The molecular weight excluding hydrogens is 285 g/mol. The maximum absolute atomic E-state index is 12.5. The molecule has 0 atom stereocenters. The summed E-state index contributed by atoms with van der Waals surface area (Å²) in [4.78, 5) is 2.02. The minimum absolute atomic E-state index is 0.549. The molecule has 112 valence electrons. The molecule has 2 nitrogen and oxygen atoms in total. The van der Waals surface area contributed by atoms with E-state index in [-0.39, 0.29) is 0 Å². The Labute approximate surface area is 123 Å². The van der Waals surface area contributed by atoms with Crippen LogP contribution in [0.5, 0.6) is 0 Å². The highest BCUT2D eigenvalue weighted by atomic mass is 32.1. The standard InChI is InChI=1S/C14H19F3N2S/c1-3-9-19(10-4-2)13(20)18-12-7-5-11(6-8-12)14(15,16)17/h5-8H,3-4,9-10H2,1-2H3,(H,18,20). The van der Waals surface area contributed by atoms with E-state index in [2.05, 4.69) is 19.2 Å². The van der Waals surface area contributed by atoms with Crippen molar-refractivity contribution < 1.29 is 13.2 Å². The number of halogens is 3. The lowest BCUT2D eigenvalue weighted by atomic mass is 10.2. The van der Waals surface area contributed by atoms with Gasteiger partial charge >= 0.3 is 6.18 Å². The molecule has 0 fully saturated rings. The number of nitrogens with one attached hydrogen (secondary N) is 1. The van der Waals surface area contributed by atoms with E-state index in [1.165, 1.54) is 12.1 Å². The predicted molar refractivity (Wildman–Crippen MR) is 79.8 cm³/mol. The van der Waals surface area contributed by atoms with Crippen molar-refractivity contribution in [3.63, 3.8) is 0 Å². The van der Waals surface area contributed by atoms with Gasteiger partial charge in [-0.1, -0.05) is 13.8 Å². The number of hydrogen-bond acceptors (Lipinski definition) is 1. The molecule has 0 aliphatic heterocycles. The summed E-state index contributed by atoms with van der Waals surface area (Å²) in [5.74, 6) is 0. The minimum atomic E-state index is -4.31. The SMILES string of the molecule is CCCN(CCC)C(=S)Nc1ccc(C(F)(F)F)cc1. The van der Waals surface area contributed by atoms with Gasteiger partial charge in [0, 0.05) is 18.8 Å². The van der Waals surface area contributed by atoms with Gasteiger partial charge < -0.3 is 10.2 Å². The van der Waals surface area contributed by atoms with Crippen molar-refractivity contribution in [2.45, 2.75) is 32.9 Å². The van der Waals surface area contributed by atoms with Gasteiger partial charge in [0.1, 0.15) is 0 Å². The van der Waals surface area contributed by atoms with Gasteiger partial charge in [0.2, 0.25) is 0 Å². The van der Waals surface area contributed by atoms with Gasteiger partial charge in [-0.3, -0.25) is 0 Å². The first-order chi connectivity index (χ1) is 9.38. The van der Waals surface area contributed by atoms with Crippen LogP contribution in [0.25, 0.3) is 0 Å². The molecule has 0 aromatic heterocycles. The molecule has 1 aromatic rings. The fourth-order valence-electron chi connectivity index (χ4n) is 1.80. The van der Waals surface area contributed by atoms with E-state index in [4.69, 9.17) is 12.2 Å². The molecular formula is C14H19F3N2S. The number of benzene rings is 1. The third-order valence-electron chi connectivity index (χ3n) is 2.74. The minimum Gasteiger partial charge on any atom is -0.349 e. The smallest absolute Gasteiger partial charge is 0.349 e. The van der Waals surface area contributed by atoms with Crippen LogP contribution in [-0.2, 0) is 6.18 Å². The van der Waals surface area contributed by atoms with Crippen molar-refractivity contribution in [2.24, 2.45) is 0 Å². The first-order valence-electron chi connectivity index (χ1n) is 6.61. The largest absolute Gasteiger partial charge is 0.416 e. The third kappa shape index (κ3) is 5.00. The quantitative estimate of drug-likeness (QED) is 0.805. The van der Waals surface area contributed by atoms with E-state index in [1.54, 1.807) is 0 Å². The van der Waals surface area contributed by atoms with Gasteiger partial charge in [-0.05, 0) is 49.3 Å². The van der Waals surface area contributed by atoms with Crippen molar-refractivity contribution in [3.05, 3.63) is 29.8 Å². The molecule has 1 aromatic carbocycles. The maximum Gasteiger partial charge on any atom is 0.416 e. The van der Waals surface area contributed by atoms with Gasteiger partial charge in [-0.2, -0.15) is 13.2 Å². The Morgan fingerprint density at radius 2 is 1.60 bits per heavy atom. The second kappa shape index (κ2) is 7.47. The second-order valence-electron chi connectivity index (χ2n) is 4.49. The van der Waals surface area contributed by atoms with E-state index in [0.29, 0.717) is 10.8 Å². The molecule has 0 radical (unpaired) electrons. The molecule has 0 aliphatic carbocycles. The summed E-state index contributed by atoms with van der Waals surface area (Å²) in [6, 6.07) is 4.89. The summed E-state index contributed by atoms with van der Waals surface area (Å²) >= 11 is 5.29. The molecule has 0 saturated carbocycles. The molecule has 0 unspecified atom stereocenters. The number of hydrogen-bond donors (Lipinski definition) is 1. The normalized spacial score (nSPS) is 11.2. The van der Waals surface area contributed by atoms with E-state index in [1.807, 2.05) is 4.90 Å². The second-order valence-corrected chi connectivity index (χ2v) is 4.88. The summed E-state index contributed by atoms with van der Waals surface area (Å²) in [5, 5.41) is 3.53. The lowest BCUT2D eigenvalue weighted by Crippen LogP contribution is -2.35.